The maximum Gasteiger partial charge on any atom is 0.320 e. The van der Waals surface area contributed by atoms with Crippen LogP contribution in [0.15, 0.2) is 17.5 Å². The summed E-state index contributed by atoms with van der Waals surface area (Å²) in [7, 11) is 3.62. The van der Waals surface area contributed by atoms with Crippen LogP contribution in [0.1, 0.15) is 17.7 Å². The molecule has 1 saturated carbocycles. The number of amides is 2. The van der Waals surface area contributed by atoms with Crippen molar-refractivity contribution in [2.24, 2.45) is 0 Å². The third-order valence-corrected chi connectivity index (χ3v) is 3.38. The van der Waals surface area contributed by atoms with Crippen LogP contribution in [0.5, 0.6) is 0 Å². The average molecular weight is 224 g/mol. The van der Waals surface area contributed by atoms with E-state index in [0.29, 0.717) is 6.04 Å². The van der Waals surface area contributed by atoms with Crippen molar-refractivity contribution < 1.29 is 4.79 Å². The highest BCUT2D eigenvalue weighted by Gasteiger charge is 2.33. The predicted octanol–water partition coefficient (Wildman–Crippen LogP) is 2.39. The summed E-state index contributed by atoms with van der Waals surface area (Å²) in [6.07, 6.45) is 2.32. The zero-order valence-electron chi connectivity index (χ0n) is 9.14. The molecular weight excluding hydrogens is 208 g/mol. The van der Waals surface area contributed by atoms with E-state index in [2.05, 4.69) is 11.4 Å². The second kappa shape index (κ2) is 4.23. The number of hydrogen-bond donors (Lipinski definition) is 0. The van der Waals surface area contributed by atoms with E-state index < -0.39 is 0 Å². The molecule has 0 aromatic carbocycles. The van der Waals surface area contributed by atoms with Gasteiger partial charge in [-0.25, -0.2) is 4.79 Å². The van der Waals surface area contributed by atoms with Crippen molar-refractivity contribution in [2.45, 2.75) is 25.4 Å². The Hall–Kier alpha value is -1.03. The van der Waals surface area contributed by atoms with Crippen molar-refractivity contribution in [2.75, 3.05) is 14.1 Å². The van der Waals surface area contributed by atoms with Crippen molar-refractivity contribution in [1.29, 1.82) is 0 Å². The summed E-state index contributed by atoms with van der Waals surface area (Å²) in [6.45, 7) is 0.763. The minimum atomic E-state index is 0.130. The van der Waals surface area contributed by atoms with Crippen LogP contribution in [-0.2, 0) is 6.54 Å². The summed E-state index contributed by atoms with van der Waals surface area (Å²) in [5.74, 6) is 0. The van der Waals surface area contributed by atoms with E-state index in [-0.39, 0.29) is 6.03 Å². The van der Waals surface area contributed by atoms with Gasteiger partial charge in [-0.15, -0.1) is 11.3 Å². The van der Waals surface area contributed by atoms with Crippen molar-refractivity contribution in [1.82, 2.24) is 9.80 Å². The quantitative estimate of drug-likeness (QED) is 0.773. The first-order valence-electron chi connectivity index (χ1n) is 5.19. The zero-order chi connectivity index (χ0) is 10.8. The smallest absolute Gasteiger partial charge is 0.320 e. The highest BCUT2D eigenvalue weighted by atomic mass is 32.1. The van der Waals surface area contributed by atoms with Crippen molar-refractivity contribution in [3.63, 3.8) is 0 Å². The maximum atomic E-state index is 11.9. The molecule has 1 aromatic heterocycles. The average Bonchev–Trinajstić information content (AvgIpc) is 2.92. The van der Waals surface area contributed by atoms with Gasteiger partial charge in [-0.05, 0) is 24.3 Å². The van der Waals surface area contributed by atoms with Gasteiger partial charge in [0.2, 0.25) is 0 Å². The predicted molar refractivity (Wildman–Crippen MR) is 62.0 cm³/mol. The summed E-state index contributed by atoms with van der Waals surface area (Å²) in [6, 6.07) is 4.72. The zero-order valence-corrected chi connectivity index (χ0v) is 9.96. The van der Waals surface area contributed by atoms with E-state index in [4.69, 9.17) is 0 Å². The summed E-state index contributed by atoms with van der Waals surface area (Å²) in [4.78, 5) is 16.8. The van der Waals surface area contributed by atoms with Crippen molar-refractivity contribution in [3.8, 4) is 0 Å². The molecule has 0 saturated heterocycles. The molecule has 0 spiro atoms. The van der Waals surface area contributed by atoms with Gasteiger partial charge in [-0.1, -0.05) is 6.07 Å². The molecule has 4 heteroatoms. The van der Waals surface area contributed by atoms with Crippen LogP contribution in [0.4, 0.5) is 4.79 Å². The molecule has 1 aromatic rings. The topological polar surface area (TPSA) is 23.6 Å². The van der Waals surface area contributed by atoms with Gasteiger partial charge in [0.25, 0.3) is 0 Å². The van der Waals surface area contributed by atoms with Crippen LogP contribution >= 0.6 is 11.3 Å². The minimum Gasteiger partial charge on any atom is -0.331 e. The number of nitrogens with zero attached hydrogens (tertiary/aromatic N) is 2. The molecule has 0 N–H and O–H groups in total. The lowest BCUT2D eigenvalue weighted by molar-refractivity contribution is 0.165. The molecule has 1 aliphatic carbocycles. The number of thiophene rings is 1. The normalized spacial score (nSPS) is 15.1. The number of carbonyl (C=O) groups is 1. The molecule has 1 heterocycles. The molecular formula is C11H16N2OS. The van der Waals surface area contributed by atoms with Crippen molar-refractivity contribution >= 4 is 17.4 Å². The molecule has 1 aliphatic rings. The second-order valence-electron chi connectivity index (χ2n) is 4.12. The van der Waals surface area contributed by atoms with Crippen molar-refractivity contribution in [3.05, 3.63) is 22.4 Å². The summed E-state index contributed by atoms with van der Waals surface area (Å²) in [5.41, 5.74) is 0. The van der Waals surface area contributed by atoms with Gasteiger partial charge in [-0.2, -0.15) is 0 Å². The van der Waals surface area contributed by atoms with E-state index >= 15 is 0 Å². The monoisotopic (exact) mass is 224 g/mol. The number of carbonyl (C=O) groups excluding carboxylic acids is 1. The third-order valence-electron chi connectivity index (χ3n) is 2.52. The van der Waals surface area contributed by atoms with Crippen LogP contribution in [0.2, 0.25) is 0 Å². The van der Waals surface area contributed by atoms with E-state index in [9.17, 15) is 4.79 Å². The molecule has 1 fully saturated rings. The molecule has 82 valence electrons. The van der Waals surface area contributed by atoms with Gasteiger partial charge in [-0.3, -0.25) is 0 Å². The summed E-state index contributed by atoms with van der Waals surface area (Å²) < 4.78 is 0. The van der Waals surface area contributed by atoms with Gasteiger partial charge in [0.15, 0.2) is 0 Å². The van der Waals surface area contributed by atoms with Gasteiger partial charge < -0.3 is 9.80 Å². The SMILES string of the molecule is CN(C)C(=O)N(Cc1cccs1)C1CC1. The first-order valence-corrected chi connectivity index (χ1v) is 6.07. The Morgan fingerprint density at radius 2 is 2.27 bits per heavy atom. The molecule has 0 atom stereocenters. The summed E-state index contributed by atoms with van der Waals surface area (Å²) >= 11 is 1.71. The van der Waals surface area contributed by atoms with Crippen LogP contribution in [0.3, 0.4) is 0 Å². The molecule has 0 radical (unpaired) electrons. The largest absolute Gasteiger partial charge is 0.331 e. The van der Waals surface area contributed by atoms with Crippen LogP contribution in [0, 0.1) is 0 Å². The maximum absolute atomic E-state index is 11.9. The van der Waals surface area contributed by atoms with Crippen LogP contribution < -0.4 is 0 Å². The van der Waals surface area contributed by atoms with E-state index in [1.54, 1.807) is 16.2 Å². The Morgan fingerprint density at radius 1 is 1.53 bits per heavy atom. The van der Waals surface area contributed by atoms with E-state index in [0.717, 1.165) is 19.4 Å². The second-order valence-corrected chi connectivity index (χ2v) is 5.15. The minimum absolute atomic E-state index is 0.130. The van der Waals surface area contributed by atoms with Gasteiger partial charge in [0.05, 0.1) is 6.54 Å². The number of rotatable bonds is 3. The molecule has 0 bridgehead atoms. The first-order chi connectivity index (χ1) is 7.18. The molecule has 0 aliphatic heterocycles. The highest BCUT2D eigenvalue weighted by molar-refractivity contribution is 7.09. The molecule has 2 amide bonds. The van der Waals surface area contributed by atoms with Crippen LogP contribution in [0.25, 0.3) is 0 Å². The van der Waals surface area contributed by atoms with Crippen LogP contribution in [-0.4, -0.2) is 36.0 Å². The van der Waals surface area contributed by atoms with E-state index in [1.807, 2.05) is 25.1 Å². The number of urea groups is 1. The van der Waals surface area contributed by atoms with Gasteiger partial charge >= 0.3 is 6.03 Å². The van der Waals surface area contributed by atoms with Gasteiger partial charge in [0.1, 0.15) is 0 Å². The summed E-state index contributed by atoms with van der Waals surface area (Å²) in [5, 5.41) is 2.06. The fourth-order valence-corrected chi connectivity index (χ4v) is 2.27. The Morgan fingerprint density at radius 3 is 2.73 bits per heavy atom. The Bertz CT molecular complexity index is 330. The Labute approximate surface area is 94.3 Å². The molecule has 0 unspecified atom stereocenters. The lowest BCUT2D eigenvalue weighted by Crippen LogP contribution is -2.39. The van der Waals surface area contributed by atoms with E-state index in [1.165, 1.54) is 4.88 Å². The standard InChI is InChI=1S/C11H16N2OS/c1-12(2)11(14)13(9-5-6-9)8-10-4-3-7-15-10/h3-4,7,9H,5-6,8H2,1-2H3. The fraction of sp³-hybridized carbons (Fsp3) is 0.545. The molecule has 2 rings (SSSR count). The third kappa shape index (κ3) is 2.50. The first kappa shape index (κ1) is 10.5. The van der Waals surface area contributed by atoms with Gasteiger partial charge in [0, 0.05) is 25.0 Å². The Kier molecular flexibility index (Phi) is 2.95. The lowest BCUT2D eigenvalue weighted by Gasteiger charge is -2.25. The Balaban J connectivity index is 2.03. The molecule has 3 nitrogen and oxygen atoms in total. The fourth-order valence-electron chi connectivity index (χ4n) is 1.57. The molecule has 15 heavy (non-hydrogen) atoms. The lowest BCUT2D eigenvalue weighted by atomic mass is 10.4. The highest BCUT2D eigenvalue weighted by Crippen LogP contribution is 2.29. The number of hydrogen-bond acceptors (Lipinski definition) is 2.